The van der Waals surface area contributed by atoms with Crippen LogP contribution in [0.15, 0.2) is 28.7 Å². The second kappa shape index (κ2) is 6.25. The van der Waals surface area contributed by atoms with Crippen LogP contribution in [0.3, 0.4) is 0 Å². The van der Waals surface area contributed by atoms with Crippen LogP contribution in [0.25, 0.3) is 0 Å². The highest BCUT2D eigenvalue weighted by molar-refractivity contribution is 9.10. The van der Waals surface area contributed by atoms with Crippen LogP contribution in [0, 0.1) is 17.5 Å². The van der Waals surface area contributed by atoms with Gasteiger partial charge >= 0.3 is 0 Å². The average molecular weight is 399 g/mol. The van der Waals surface area contributed by atoms with Crippen LogP contribution < -0.4 is 5.32 Å². The zero-order chi connectivity index (χ0) is 15.7. The number of anilines is 1. The van der Waals surface area contributed by atoms with E-state index >= 15 is 0 Å². The predicted molar refractivity (Wildman–Crippen MR) is 78.4 cm³/mol. The Kier molecular flexibility index (Phi) is 4.81. The highest BCUT2D eigenvalue weighted by atomic mass is 79.9. The molecule has 0 fully saturated rings. The molecular formula is C13H5BrCl2F3NO. The highest BCUT2D eigenvalue weighted by Gasteiger charge is 2.17. The van der Waals surface area contributed by atoms with Gasteiger partial charge in [0.25, 0.3) is 5.91 Å². The molecule has 0 spiro atoms. The van der Waals surface area contributed by atoms with Crippen molar-refractivity contribution >= 4 is 50.7 Å². The van der Waals surface area contributed by atoms with E-state index in [2.05, 4.69) is 21.2 Å². The molecule has 2 nitrogen and oxygen atoms in total. The quantitative estimate of drug-likeness (QED) is 0.672. The molecule has 21 heavy (non-hydrogen) atoms. The number of hydrogen-bond donors (Lipinski definition) is 1. The zero-order valence-corrected chi connectivity index (χ0v) is 13.1. The Hall–Kier alpha value is -1.24. The molecule has 0 saturated carbocycles. The summed E-state index contributed by atoms with van der Waals surface area (Å²) in [4.78, 5) is 11.9. The van der Waals surface area contributed by atoms with Crippen LogP contribution >= 0.6 is 39.1 Å². The van der Waals surface area contributed by atoms with Crippen LogP contribution in [0.4, 0.5) is 18.9 Å². The Morgan fingerprint density at radius 1 is 1.05 bits per heavy atom. The molecule has 0 saturated heterocycles. The van der Waals surface area contributed by atoms with Crippen molar-refractivity contribution in [1.82, 2.24) is 0 Å². The maximum absolute atomic E-state index is 13.1. The third-order valence-electron chi connectivity index (χ3n) is 2.53. The largest absolute Gasteiger partial charge is 0.321 e. The Morgan fingerprint density at radius 2 is 1.62 bits per heavy atom. The van der Waals surface area contributed by atoms with Gasteiger partial charge in [-0.1, -0.05) is 23.2 Å². The fraction of sp³-hybridized carbons (Fsp3) is 0. The van der Waals surface area contributed by atoms with E-state index in [1.807, 2.05) is 0 Å². The molecule has 2 aromatic rings. The molecule has 1 amide bonds. The van der Waals surface area contributed by atoms with Gasteiger partial charge in [0.2, 0.25) is 0 Å². The van der Waals surface area contributed by atoms with E-state index in [0.29, 0.717) is 16.6 Å². The van der Waals surface area contributed by atoms with Crippen molar-refractivity contribution in [3.8, 4) is 0 Å². The number of rotatable bonds is 2. The molecular weight excluding hydrogens is 394 g/mol. The molecule has 2 rings (SSSR count). The molecule has 0 aliphatic heterocycles. The summed E-state index contributed by atoms with van der Waals surface area (Å²) in [5.74, 6) is -5.41. The Balaban J connectivity index is 2.33. The number of halogens is 6. The van der Waals surface area contributed by atoms with E-state index in [0.717, 1.165) is 0 Å². The lowest BCUT2D eigenvalue weighted by molar-refractivity contribution is 0.102. The van der Waals surface area contributed by atoms with Crippen molar-refractivity contribution in [2.45, 2.75) is 0 Å². The fourth-order valence-corrected chi connectivity index (χ4v) is 2.32. The van der Waals surface area contributed by atoms with Crippen molar-refractivity contribution in [3.63, 3.8) is 0 Å². The lowest BCUT2D eigenvalue weighted by atomic mass is 10.2. The molecule has 0 aliphatic carbocycles. The van der Waals surface area contributed by atoms with Crippen molar-refractivity contribution in [3.05, 3.63) is 61.8 Å². The number of hydrogen-bond acceptors (Lipinski definition) is 1. The summed E-state index contributed by atoms with van der Waals surface area (Å²) in [6, 6.07) is 4.16. The summed E-state index contributed by atoms with van der Waals surface area (Å²) in [5, 5.41) is 2.57. The topological polar surface area (TPSA) is 29.1 Å². The summed E-state index contributed by atoms with van der Waals surface area (Å²) in [5.41, 5.74) is -0.235. The van der Waals surface area contributed by atoms with Gasteiger partial charge in [0.1, 0.15) is 0 Å². The van der Waals surface area contributed by atoms with Gasteiger partial charge in [-0.25, -0.2) is 13.2 Å². The number of benzene rings is 2. The van der Waals surface area contributed by atoms with Gasteiger partial charge in [0.05, 0.1) is 15.7 Å². The van der Waals surface area contributed by atoms with Gasteiger partial charge in [0.15, 0.2) is 17.5 Å². The average Bonchev–Trinajstić information content (AvgIpc) is 2.44. The first kappa shape index (κ1) is 16.1. The molecule has 0 bridgehead atoms. The standard InChI is InChI=1S/C13H5BrCl2F3NO/c14-6-1-2-9(11(16)10(6)15)20-13(21)5-3-7(17)12(19)8(18)4-5/h1-4H,(H,20,21). The maximum atomic E-state index is 13.1. The Labute approximate surface area is 136 Å². The molecule has 2 aromatic carbocycles. The second-order valence-electron chi connectivity index (χ2n) is 3.93. The maximum Gasteiger partial charge on any atom is 0.255 e. The molecule has 0 aromatic heterocycles. The normalized spacial score (nSPS) is 10.6. The summed E-state index contributed by atoms with van der Waals surface area (Å²) in [6.07, 6.45) is 0. The van der Waals surface area contributed by atoms with Crippen LogP contribution in [0.1, 0.15) is 10.4 Å². The summed E-state index contributed by atoms with van der Waals surface area (Å²) >= 11 is 15.0. The SMILES string of the molecule is O=C(Nc1ccc(Br)c(Cl)c1Cl)c1cc(F)c(F)c(F)c1. The molecule has 0 heterocycles. The fourth-order valence-electron chi connectivity index (χ4n) is 1.50. The van der Waals surface area contributed by atoms with Crippen molar-refractivity contribution in [2.24, 2.45) is 0 Å². The lowest BCUT2D eigenvalue weighted by Gasteiger charge is -2.09. The van der Waals surface area contributed by atoms with Gasteiger partial charge in [-0.05, 0) is 40.2 Å². The molecule has 0 radical (unpaired) electrons. The minimum absolute atomic E-state index is 0.0578. The second-order valence-corrected chi connectivity index (χ2v) is 5.54. The molecule has 0 atom stereocenters. The van der Waals surface area contributed by atoms with E-state index in [1.54, 1.807) is 0 Å². The van der Waals surface area contributed by atoms with Gasteiger partial charge in [-0.15, -0.1) is 0 Å². The van der Waals surface area contributed by atoms with Crippen molar-refractivity contribution in [2.75, 3.05) is 5.32 Å². The van der Waals surface area contributed by atoms with E-state index in [4.69, 9.17) is 23.2 Å². The molecule has 110 valence electrons. The van der Waals surface area contributed by atoms with Gasteiger partial charge in [-0.3, -0.25) is 4.79 Å². The predicted octanol–water partition coefficient (Wildman–Crippen LogP) is 5.43. The van der Waals surface area contributed by atoms with Gasteiger partial charge < -0.3 is 5.32 Å². The van der Waals surface area contributed by atoms with Crippen molar-refractivity contribution < 1.29 is 18.0 Å². The van der Waals surface area contributed by atoms with Gasteiger partial charge in [0, 0.05) is 10.0 Å². The van der Waals surface area contributed by atoms with Crippen LogP contribution in [-0.2, 0) is 0 Å². The Bertz CT molecular complexity index is 717. The highest BCUT2D eigenvalue weighted by Crippen LogP contribution is 2.36. The van der Waals surface area contributed by atoms with Crippen molar-refractivity contribution in [1.29, 1.82) is 0 Å². The first-order valence-electron chi connectivity index (χ1n) is 5.40. The molecule has 0 aliphatic rings. The third kappa shape index (κ3) is 3.33. The third-order valence-corrected chi connectivity index (χ3v) is 4.30. The number of carbonyl (C=O) groups excluding carboxylic acids is 1. The smallest absolute Gasteiger partial charge is 0.255 e. The first-order valence-corrected chi connectivity index (χ1v) is 6.95. The minimum Gasteiger partial charge on any atom is -0.321 e. The zero-order valence-electron chi connectivity index (χ0n) is 9.99. The van der Waals surface area contributed by atoms with Crippen LogP contribution in [0.2, 0.25) is 10.0 Å². The molecule has 0 unspecified atom stereocenters. The minimum atomic E-state index is -1.64. The lowest BCUT2D eigenvalue weighted by Crippen LogP contribution is -2.13. The molecule has 8 heteroatoms. The van der Waals surface area contributed by atoms with E-state index in [1.165, 1.54) is 12.1 Å². The Morgan fingerprint density at radius 3 is 2.19 bits per heavy atom. The number of carbonyl (C=O) groups is 1. The summed E-state index contributed by atoms with van der Waals surface area (Å²) in [6.45, 7) is 0. The van der Waals surface area contributed by atoms with Crippen LogP contribution in [0.5, 0.6) is 0 Å². The number of nitrogens with one attached hydrogen (secondary N) is 1. The van der Waals surface area contributed by atoms with E-state index in [-0.39, 0.29) is 21.3 Å². The van der Waals surface area contributed by atoms with Gasteiger partial charge in [-0.2, -0.15) is 0 Å². The van der Waals surface area contributed by atoms with Crippen LogP contribution in [-0.4, -0.2) is 5.91 Å². The van der Waals surface area contributed by atoms with E-state index < -0.39 is 23.4 Å². The monoisotopic (exact) mass is 397 g/mol. The summed E-state index contributed by atoms with van der Waals surface area (Å²) in [7, 11) is 0. The van der Waals surface area contributed by atoms with E-state index in [9.17, 15) is 18.0 Å². The number of amides is 1. The molecule has 1 N–H and O–H groups in total. The first-order chi connectivity index (χ1) is 9.81. The summed E-state index contributed by atoms with van der Waals surface area (Å²) < 4.78 is 39.5.